The monoisotopic (exact) mass is 292 g/mol. The van der Waals surface area contributed by atoms with Crippen molar-refractivity contribution in [2.75, 3.05) is 25.5 Å². The smallest absolute Gasteiger partial charge is 0.269 e. The van der Waals surface area contributed by atoms with Crippen LogP contribution in [0.5, 0.6) is 5.75 Å². The van der Waals surface area contributed by atoms with Gasteiger partial charge in [0.25, 0.3) is 5.56 Å². The highest BCUT2D eigenvalue weighted by atomic mass is 19.1. The van der Waals surface area contributed by atoms with Crippen molar-refractivity contribution in [2.45, 2.75) is 6.54 Å². The number of nitrogens with zero attached hydrogens (tertiary/aromatic N) is 2. The number of methoxy groups -OCH3 is 1. The number of ether oxygens (including phenoxy) is 1. The number of anilines is 1. The SMILES string of the molecule is COc1cccc(Cn2ncc(NCCN)cc2=O)c1F. The molecule has 1 aromatic carbocycles. The molecule has 3 N–H and O–H groups in total. The summed E-state index contributed by atoms with van der Waals surface area (Å²) in [5, 5.41) is 6.98. The van der Waals surface area contributed by atoms with E-state index in [0.29, 0.717) is 24.3 Å². The van der Waals surface area contributed by atoms with E-state index in [4.69, 9.17) is 10.5 Å². The summed E-state index contributed by atoms with van der Waals surface area (Å²) in [6.07, 6.45) is 1.51. The van der Waals surface area contributed by atoms with E-state index in [-0.39, 0.29) is 17.9 Å². The highest BCUT2D eigenvalue weighted by Crippen LogP contribution is 2.20. The van der Waals surface area contributed by atoms with Crippen LogP contribution in [0, 0.1) is 5.82 Å². The average Bonchev–Trinajstić information content (AvgIpc) is 2.49. The van der Waals surface area contributed by atoms with Crippen LogP contribution in [0.15, 0.2) is 35.3 Å². The summed E-state index contributed by atoms with van der Waals surface area (Å²) in [4.78, 5) is 11.9. The average molecular weight is 292 g/mol. The Morgan fingerprint density at radius 3 is 2.95 bits per heavy atom. The predicted octanol–water partition coefficient (Wildman–Crippen LogP) is 0.810. The van der Waals surface area contributed by atoms with Crippen LogP contribution in [0.25, 0.3) is 0 Å². The van der Waals surface area contributed by atoms with Crippen molar-refractivity contribution < 1.29 is 9.13 Å². The van der Waals surface area contributed by atoms with E-state index in [1.807, 2.05) is 0 Å². The first-order valence-corrected chi connectivity index (χ1v) is 6.48. The Labute approximate surface area is 121 Å². The van der Waals surface area contributed by atoms with E-state index >= 15 is 0 Å². The fourth-order valence-electron chi connectivity index (χ4n) is 1.86. The maximum atomic E-state index is 14.0. The van der Waals surface area contributed by atoms with Crippen LogP contribution in [0.3, 0.4) is 0 Å². The minimum Gasteiger partial charge on any atom is -0.494 e. The zero-order chi connectivity index (χ0) is 15.2. The topological polar surface area (TPSA) is 82.2 Å². The number of rotatable bonds is 6. The second-order valence-electron chi connectivity index (χ2n) is 4.39. The molecule has 1 aromatic heterocycles. The van der Waals surface area contributed by atoms with Gasteiger partial charge < -0.3 is 15.8 Å². The Hall–Kier alpha value is -2.41. The van der Waals surface area contributed by atoms with Crippen molar-refractivity contribution in [2.24, 2.45) is 5.73 Å². The summed E-state index contributed by atoms with van der Waals surface area (Å²) in [7, 11) is 1.39. The Balaban J connectivity index is 2.22. The van der Waals surface area contributed by atoms with Crippen LogP contribution < -0.4 is 21.3 Å². The third-order valence-electron chi connectivity index (χ3n) is 2.93. The maximum Gasteiger partial charge on any atom is 0.269 e. The molecule has 0 spiro atoms. The molecule has 0 amide bonds. The molecule has 21 heavy (non-hydrogen) atoms. The van der Waals surface area contributed by atoms with E-state index in [2.05, 4.69) is 10.4 Å². The first kappa shape index (κ1) is 15.0. The van der Waals surface area contributed by atoms with Gasteiger partial charge in [0, 0.05) is 24.7 Å². The zero-order valence-electron chi connectivity index (χ0n) is 11.7. The molecule has 0 saturated heterocycles. The molecule has 1 heterocycles. The van der Waals surface area contributed by atoms with E-state index in [1.165, 1.54) is 30.1 Å². The number of hydrogen-bond acceptors (Lipinski definition) is 5. The van der Waals surface area contributed by atoms with Gasteiger partial charge in [0.2, 0.25) is 0 Å². The Morgan fingerprint density at radius 1 is 1.48 bits per heavy atom. The summed E-state index contributed by atoms with van der Waals surface area (Å²) in [5.41, 5.74) is 5.98. The zero-order valence-corrected chi connectivity index (χ0v) is 11.7. The quantitative estimate of drug-likeness (QED) is 0.823. The molecule has 0 atom stereocenters. The molecule has 0 fully saturated rings. The number of nitrogens with one attached hydrogen (secondary N) is 1. The van der Waals surface area contributed by atoms with Gasteiger partial charge in [-0.05, 0) is 6.07 Å². The highest BCUT2D eigenvalue weighted by Gasteiger charge is 2.10. The Bertz CT molecular complexity index is 672. The number of hydrogen-bond donors (Lipinski definition) is 2. The number of benzene rings is 1. The van der Waals surface area contributed by atoms with Crippen molar-refractivity contribution >= 4 is 5.69 Å². The lowest BCUT2D eigenvalue weighted by molar-refractivity contribution is 0.383. The molecule has 7 heteroatoms. The van der Waals surface area contributed by atoms with Crippen LogP contribution in [-0.4, -0.2) is 30.0 Å². The van der Waals surface area contributed by atoms with Gasteiger partial charge in [0.1, 0.15) is 0 Å². The normalized spacial score (nSPS) is 10.4. The van der Waals surface area contributed by atoms with Crippen molar-refractivity contribution in [1.82, 2.24) is 9.78 Å². The molecule has 0 unspecified atom stereocenters. The summed E-state index contributed by atoms with van der Waals surface area (Å²) in [6, 6.07) is 6.18. The van der Waals surface area contributed by atoms with E-state index in [0.717, 1.165) is 0 Å². The van der Waals surface area contributed by atoms with Gasteiger partial charge in [-0.1, -0.05) is 12.1 Å². The molecule has 0 aliphatic heterocycles. The lowest BCUT2D eigenvalue weighted by Crippen LogP contribution is -2.24. The molecule has 6 nitrogen and oxygen atoms in total. The molecule has 0 saturated carbocycles. The first-order chi connectivity index (χ1) is 10.2. The Kier molecular flexibility index (Phi) is 4.89. The van der Waals surface area contributed by atoms with Crippen molar-refractivity contribution in [3.63, 3.8) is 0 Å². The molecule has 2 aromatic rings. The maximum absolute atomic E-state index is 14.0. The molecular weight excluding hydrogens is 275 g/mol. The van der Waals surface area contributed by atoms with Crippen LogP contribution in [-0.2, 0) is 6.54 Å². The van der Waals surface area contributed by atoms with Crippen LogP contribution in [0.1, 0.15) is 5.56 Å². The molecular formula is C14H17FN4O2. The van der Waals surface area contributed by atoms with Gasteiger partial charge in [-0.2, -0.15) is 5.10 Å². The van der Waals surface area contributed by atoms with E-state index in [1.54, 1.807) is 12.1 Å². The lowest BCUT2D eigenvalue weighted by atomic mass is 10.2. The van der Waals surface area contributed by atoms with Gasteiger partial charge in [-0.25, -0.2) is 9.07 Å². The highest BCUT2D eigenvalue weighted by molar-refractivity contribution is 5.39. The predicted molar refractivity (Wildman–Crippen MR) is 78.1 cm³/mol. The van der Waals surface area contributed by atoms with E-state index < -0.39 is 5.82 Å². The van der Waals surface area contributed by atoms with Crippen molar-refractivity contribution in [1.29, 1.82) is 0 Å². The Morgan fingerprint density at radius 2 is 2.29 bits per heavy atom. The molecule has 0 radical (unpaired) electrons. The third kappa shape index (κ3) is 3.57. The largest absolute Gasteiger partial charge is 0.494 e. The standard InChI is InChI=1S/C14H17FN4O2/c1-21-12-4-2-3-10(14(12)15)9-19-13(20)7-11(8-18-19)17-6-5-16/h2-4,7-8,17H,5-6,9,16H2,1H3. The minimum absolute atomic E-state index is 0.0407. The number of aromatic nitrogens is 2. The summed E-state index contributed by atoms with van der Waals surface area (Å²) in [5.74, 6) is -0.346. The second kappa shape index (κ2) is 6.85. The first-order valence-electron chi connectivity index (χ1n) is 6.48. The van der Waals surface area contributed by atoms with E-state index in [9.17, 15) is 9.18 Å². The summed E-state index contributed by atoms with van der Waals surface area (Å²) < 4.78 is 20.1. The fourth-order valence-corrected chi connectivity index (χ4v) is 1.86. The van der Waals surface area contributed by atoms with Crippen LogP contribution in [0.2, 0.25) is 0 Å². The van der Waals surface area contributed by atoms with Crippen molar-refractivity contribution in [3.05, 3.63) is 52.2 Å². The van der Waals surface area contributed by atoms with Gasteiger partial charge in [0.05, 0.1) is 25.5 Å². The van der Waals surface area contributed by atoms with Crippen LogP contribution >= 0.6 is 0 Å². The molecule has 0 aliphatic carbocycles. The van der Waals surface area contributed by atoms with Gasteiger partial charge in [0.15, 0.2) is 11.6 Å². The molecule has 0 aliphatic rings. The minimum atomic E-state index is -0.487. The van der Waals surface area contributed by atoms with Gasteiger partial charge in [-0.3, -0.25) is 4.79 Å². The summed E-state index contributed by atoms with van der Waals surface area (Å²) in [6.45, 7) is 1.05. The number of nitrogens with two attached hydrogens (primary N) is 1. The third-order valence-corrected chi connectivity index (χ3v) is 2.93. The molecule has 2 rings (SSSR count). The molecule has 112 valence electrons. The van der Waals surface area contributed by atoms with Crippen molar-refractivity contribution in [3.8, 4) is 5.75 Å². The van der Waals surface area contributed by atoms with Crippen LogP contribution in [0.4, 0.5) is 10.1 Å². The van der Waals surface area contributed by atoms with Gasteiger partial charge >= 0.3 is 0 Å². The second-order valence-corrected chi connectivity index (χ2v) is 4.39. The lowest BCUT2D eigenvalue weighted by Gasteiger charge is -2.09. The number of halogens is 1. The molecule has 0 bridgehead atoms. The van der Waals surface area contributed by atoms with Gasteiger partial charge in [-0.15, -0.1) is 0 Å². The summed E-state index contributed by atoms with van der Waals surface area (Å²) >= 11 is 0. The fraction of sp³-hybridized carbons (Fsp3) is 0.286.